The monoisotopic (exact) mass is 435 g/mol. The first-order valence-corrected chi connectivity index (χ1v) is 10.5. The number of nitrogens with zero attached hydrogens (tertiary/aromatic N) is 2. The molecule has 0 aliphatic carbocycles. The lowest BCUT2D eigenvalue weighted by atomic mass is 10.1. The number of anilines is 1. The fourth-order valence-electron chi connectivity index (χ4n) is 2.31. The number of nitrogens with one attached hydrogen (secondary N) is 1. The van der Waals surface area contributed by atoms with E-state index in [1.807, 2.05) is 24.3 Å². The van der Waals surface area contributed by atoms with Gasteiger partial charge in [0.25, 0.3) is 0 Å². The summed E-state index contributed by atoms with van der Waals surface area (Å²) in [5, 5.41) is 12.6. The second-order valence-electron chi connectivity index (χ2n) is 5.64. The number of carbonyl (C=O) groups is 1. The smallest absolute Gasteiger partial charge is 0.206 e. The topological polar surface area (TPSA) is 73.3 Å². The highest BCUT2D eigenvalue weighted by molar-refractivity contribution is 8.01. The van der Waals surface area contributed by atoms with Crippen molar-refractivity contribution < 1.29 is 14.3 Å². The van der Waals surface area contributed by atoms with E-state index in [-0.39, 0.29) is 11.5 Å². The van der Waals surface area contributed by atoms with Crippen LogP contribution in [0.4, 0.5) is 5.13 Å². The first-order valence-electron chi connectivity index (χ1n) is 8.29. The summed E-state index contributed by atoms with van der Waals surface area (Å²) in [5.74, 6) is 1.59. The lowest BCUT2D eigenvalue weighted by molar-refractivity contribution is 0.102. The third kappa shape index (κ3) is 5.37. The zero-order valence-corrected chi connectivity index (χ0v) is 17.7. The third-order valence-corrected chi connectivity index (χ3v) is 6.12. The van der Waals surface area contributed by atoms with Gasteiger partial charge < -0.3 is 14.8 Å². The number of Topliss-reactive ketones (excluding diaryl/α,β-unsaturated/α-hetero) is 1. The largest absolute Gasteiger partial charge is 0.497 e. The molecule has 9 heteroatoms. The highest BCUT2D eigenvalue weighted by Gasteiger charge is 2.12. The van der Waals surface area contributed by atoms with Gasteiger partial charge in [0.1, 0.15) is 11.5 Å². The van der Waals surface area contributed by atoms with Crippen LogP contribution in [0, 0.1) is 0 Å². The maximum Gasteiger partial charge on any atom is 0.206 e. The molecule has 0 atom stereocenters. The molecule has 0 aliphatic heterocycles. The van der Waals surface area contributed by atoms with E-state index in [1.165, 1.54) is 30.2 Å². The van der Waals surface area contributed by atoms with Crippen LogP contribution >= 0.6 is 34.7 Å². The fraction of sp³-hybridized carbons (Fsp3) is 0.211. The molecule has 1 heterocycles. The Kier molecular flexibility index (Phi) is 7.13. The van der Waals surface area contributed by atoms with Crippen molar-refractivity contribution in [3.8, 4) is 11.5 Å². The molecule has 0 fully saturated rings. The van der Waals surface area contributed by atoms with Crippen LogP contribution in [-0.2, 0) is 6.54 Å². The molecule has 0 saturated carbocycles. The summed E-state index contributed by atoms with van der Waals surface area (Å²) in [6.07, 6.45) is 0. The van der Waals surface area contributed by atoms with Crippen LogP contribution in [0.1, 0.15) is 15.9 Å². The van der Waals surface area contributed by atoms with Crippen molar-refractivity contribution in [2.24, 2.45) is 0 Å². The van der Waals surface area contributed by atoms with E-state index in [0.717, 1.165) is 15.7 Å². The van der Waals surface area contributed by atoms with Gasteiger partial charge in [-0.15, -0.1) is 10.2 Å². The van der Waals surface area contributed by atoms with Crippen molar-refractivity contribution in [1.82, 2.24) is 10.2 Å². The van der Waals surface area contributed by atoms with Gasteiger partial charge in [-0.1, -0.05) is 46.8 Å². The maximum atomic E-state index is 12.3. The fourth-order valence-corrected chi connectivity index (χ4v) is 4.21. The summed E-state index contributed by atoms with van der Waals surface area (Å²) in [6, 6.07) is 12.8. The standard InChI is InChI=1S/C19H18ClN3O3S2/c1-25-14-6-3-12(4-7-14)10-21-18-22-23-19(28-18)27-11-16(24)13-5-8-17(26-2)15(20)9-13/h3-9H,10-11H2,1-2H3,(H,21,22). The molecule has 0 aliphatic rings. The van der Waals surface area contributed by atoms with E-state index < -0.39 is 0 Å². The van der Waals surface area contributed by atoms with Crippen LogP contribution in [0.3, 0.4) is 0 Å². The van der Waals surface area contributed by atoms with Crippen LogP contribution in [0.25, 0.3) is 0 Å². The Morgan fingerprint density at radius 3 is 2.61 bits per heavy atom. The summed E-state index contributed by atoms with van der Waals surface area (Å²) < 4.78 is 11.0. The van der Waals surface area contributed by atoms with Gasteiger partial charge in [-0.2, -0.15) is 0 Å². The molecule has 0 amide bonds. The van der Waals surface area contributed by atoms with E-state index >= 15 is 0 Å². The summed E-state index contributed by atoms with van der Waals surface area (Å²) in [7, 11) is 3.18. The number of aromatic nitrogens is 2. The molecule has 3 aromatic rings. The number of ether oxygens (including phenoxy) is 2. The second kappa shape index (κ2) is 9.77. The zero-order valence-electron chi connectivity index (χ0n) is 15.3. The van der Waals surface area contributed by atoms with Gasteiger partial charge in [-0.3, -0.25) is 4.79 Å². The number of hydrogen-bond acceptors (Lipinski definition) is 8. The highest BCUT2D eigenvalue weighted by Crippen LogP contribution is 2.28. The molecule has 0 spiro atoms. The Morgan fingerprint density at radius 2 is 1.93 bits per heavy atom. The van der Waals surface area contributed by atoms with Crippen LogP contribution in [-0.4, -0.2) is 36.0 Å². The van der Waals surface area contributed by atoms with Crippen molar-refractivity contribution in [3.05, 3.63) is 58.6 Å². The molecule has 0 saturated heterocycles. The molecule has 2 aromatic carbocycles. The van der Waals surface area contributed by atoms with Crippen molar-refractivity contribution >= 4 is 45.6 Å². The minimum absolute atomic E-state index is 0.0301. The van der Waals surface area contributed by atoms with Crippen LogP contribution < -0.4 is 14.8 Å². The number of benzene rings is 2. The molecule has 0 unspecified atom stereocenters. The lowest BCUT2D eigenvalue weighted by Gasteiger charge is -2.05. The molecular weight excluding hydrogens is 418 g/mol. The molecule has 0 radical (unpaired) electrons. The Labute approximate surface area is 176 Å². The van der Waals surface area contributed by atoms with Gasteiger partial charge in [-0.25, -0.2) is 0 Å². The molecule has 3 rings (SSSR count). The molecule has 28 heavy (non-hydrogen) atoms. The van der Waals surface area contributed by atoms with Crippen molar-refractivity contribution in [1.29, 1.82) is 0 Å². The number of hydrogen-bond donors (Lipinski definition) is 1. The maximum absolute atomic E-state index is 12.3. The Balaban J connectivity index is 1.51. The summed E-state index contributed by atoms with van der Waals surface area (Å²) in [5.41, 5.74) is 1.65. The number of thioether (sulfide) groups is 1. The zero-order chi connectivity index (χ0) is 19.9. The van der Waals surface area contributed by atoms with Gasteiger partial charge in [0.15, 0.2) is 10.1 Å². The first-order chi connectivity index (χ1) is 13.6. The first kappa shape index (κ1) is 20.4. The van der Waals surface area contributed by atoms with Gasteiger partial charge in [0.05, 0.1) is 25.0 Å². The van der Waals surface area contributed by atoms with Gasteiger partial charge in [-0.05, 0) is 35.9 Å². The Hall–Kier alpha value is -2.29. The molecule has 6 nitrogen and oxygen atoms in total. The number of halogens is 1. The van der Waals surface area contributed by atoms with E-state index in [4.69, 9.17) is 21.1 Å². The Morgan fingerprint density at radius 1 is 1.14 bits per heavy atom. The normalized spacial score (nSPS) is 10.5. The van der Waals surface area contributed by atoms with E-state index in [0.29, 0.717) is 28.0 Å². The SMILES string of the molecule is COc1ccc(CNc2nnc(SCC(=O)c3ccc(OC)c(Cl)c3)s2)cc1. The van der Waals surface area contributed by atoms with E-state index in [1.54, 1.807) is 25.3 Å². The van der Waals surface area contributed by atoms with Crippen LogP contribution in [0.2, 0.25) is 5.02 Å². The Bertz CT molecular complexity index is 948. The van der Waals surface area contributed by atoms with Gasteiger partial charge >= 0.3 is 0 Å². The van der Waals surface area contributed by atoms with Gasteiger partial charge in [0, 0.05) is 12.1 Å². The average molecular weight is 436 g/mol. The quantitative estimate of drug-likeness (QED) is 0.382. The molecule has 0 bridgehead atoms. The lowest BCUT2D eigenvalue weighted by Crippen LogP contribution is -2.02. The molecule has 1 aromatic heterocycles. The van der Waals surface area contributed by atoms with Crippen LogP contribution in [0.15, 0.2) is 46.8 Å². The molecule has 1 N–H and O–H groups in total. The minimum atomic E-state index is -0.0301. The summed E-state index contributed by atoms with van der Waals surface area (Å²) in [6.45, 7) is 0.632. The van der Waals surface area contributed by atoms with Crippen molar-refractivity contribution in [2.45, 2.75) is 10.9 Å². The van der Waals surface area contributed by atoms with Crippen LogP contribution in [0.5, 0.6) is 11.5 Å². The highest BCUT2D eigenvalue weighted by atomic mass is 35.5. The number of carbonyl (C=O) groups excluding carboxylic acids is 1. The summed E-state index contributed by atoms with van der Waals surface area (Å²) in [4.78, 5) is 12.3. The molecule has 146 valence electrons. The number of rotatable bonds is 9. The third-order valence-electron chi connectivity index (χ3n) is 3.81. The van der Waals surface area contributed by atoms with Gasteiger partial charge in [0.2, 0.25) is 5.13 Å². The number of methoxy groups -OCH3 is 2. The predicted molar refractivity (Wildman–Crippen MR) is 113 cm³/mol. The molecular formula is C19H18ClN3O3S2. The summed E-state index contributed by atoms with van der Waals surface area (Å²) >= 11 is 8.84. The van der Waals surface area contributed by atoms with E-state index in [2.05, 4.69) is 15.5 Å². The van der Waals surface area contributed by atoms with E-state index in [9.17, 15) is 4.79 Å². The van der Waals surface area contributed by atoms with Crippen molar-refractivity contribution in [2.75, 3.05) is 25.3 Å². The average Bonchev–Trinajstić information content (AvgIpc) is 3.18. The number of ketones is 1. The minimum Gasteiger partial charge on any atom is -0.497 e. The predicted octanol–water partition coefficient (Wildman–Crippen LogP) is 4.80. The second-order valence-corrected chi connectivity index (χ2v) is 8.24. The van der Waals surface area contributed by atoms with Crippen molar-refractivity contribution in [3.63, 3.8) is 0 Å².